The molecule has 1 aromatic carbocycles. The predicted octanol–water partition coefficient (Wildman–Crippen LogP) is 3.85. The summed E-state index contributed by atoms with van der Waals surface area (Å²) in [5.74, 6) is -0.262. The number of carbonyl (C=O) groups is 2. The van der Waals surface area contributed by atoms with Gasteiger partial charge in [0.2, 0.25) is 0 Å². The molecule has 2 heterocycles. The number of hydrogen-bond acceptors (Lipinski definition) is 5. The molecule has 0 radical (unpaired) electrons. The van der Waals surface area contributed by atoms with Crippen molar-refractivity contribution in [2.45, 2.75) is 40.0 Å². The van der Waals surface area contributed by atoms with Crippen LogP contribution in [0.15, 0.2) is 47.2 Å². The number of carboxylic acid groups (broad SMARTS) is 1. The number of ether oxygens (including phenoxy) is 1. The molecule has 32 heavy (non-hydrogen) atoms. The van der Waals surface area contributed by atoms with Crippen LogP contribution in [0.2, 0.25) is 0 Å². The van der Waals surface area contributed by atoms with Crippen LogP contribution < -0.4 is 4.74 Å². The van der Waals surface area contributed by atoms with Crippen molar-refractivity contribution in [2.75, 3.05) is 13.7 Å². The molecule has 168 valence electrons. The zero-order valence-electron chi connectivity index (χ0n) is 18.9. The van der Waals surface area contributed by atoms with Crippen LogP contribution in [0.3, 0.4) is 0 Å². The van der Waals surface area contributed by atoms with E-state index in [1.54, 1.807) is 18.2 Å². The second kappa shape index (κ2) is 9.64. The topological polar surface area (TPSA) is 97.0 Å². The lowest BCUT2D eigenvalue weighted by Crippen LogP contribution is -2.36. The van der Waals surface area contributed by atoms with E-state index in [9.17, 15) is 9.59 Å². The summed E-state index contributed by atoms with van der Waals surface area (Å²) in [6.45, 7) is 10.0. The normalized spacial score (nSPS) is 14.1. The number of allylic oxidation sites excluding steroid dienone is 1. The molecule has 0 unspecified atom stereocenters. The smallest absolute Gasteiger partial charge is 0.307 e. The largest absolute Gasteiger partial charge is 0.496 e. The number of rotatable bonds is 8. The number of nitrogens with zero attached hydrogens (tertiary/aromatic N) is 4. The number of amides is 1. The fourth-order valence-corrected chi connectivity index (χ4v) is 3.81. The Labute approximate surface area is 187 Å². The Kier molecular flexibility index (Phi) is 6.92. The number of benzene rings is 1. The van der Waals surface area contributed by atoms with Crippen LogP contribution in [0.5, 0.6) is 5.75 Å². The van der Waals surface area contributed by atoms with Crippen LogP contribution in [0.1, 0.15) is 47.1 Å². The van der Waals surface area contributed by atoms with Crippen molar-refractivity contribution in [3.63, 3.8) is 0 Å². The van der Waals surface area contributed by atoms with Gasteiger partial charge in [0.1, 0.15) is 5.75 Å². The van der Waals surface area contributed by atoms with Crippen molar-refractivity contribution in [1.82, 2.24) is 14.7 Å². The van der Waals surface area contributed by atoms with Gasteiger partial charge in [-0.05, 0) is 49.6 Å². The maximum absolute atomic E-state index is 13.4. The summed E-state index contributed by atoms with van der Waals surface area (Å²) < 4.78 is 7.15. The summed E-state index contributed by atoms with van der Waals surface area (Å²) in [5.41, 5.74) is 5.20. The molecule has 1 aliphatic rings. The highest BCUT2D eigenvalue weighted by atomic mass is 16.5. The Balaban J connectivity index is 1.88. The van der Waals surface area contributed by atoms with Crippen LogP contribution in [0, 0.1) is 13.8 Å². The maximum Gasteiger partial charge on any atom is 0.307 e. The lowest BCUT2D eigenvalue weighted by molar-refractivity contribution is -0.136. The molecule has 0 atom stereocenters. The first kappa shape index (κ1) is 23.0. The van der Waals surface area contributed by atoms with Crippen molar-refractivity contribution in [2.24, 2.45) is 4.99 Å². The predicted molar refractivity (Wildman–Crippen MR) is 123 cm³/mol. The standard InChI is InChI=1S/C24H28N4O4/c1-6-18(14-25-13-15(2)11-22(29)30)27-10-9-20-23(24(27)31)17(4)28(26-20)19-7-8-21(32-5)16(3)12-19/h7-8,12-14H,2,6,9-11H2,1,3-5H3,(H,29,30)/b18-14+,25-13?. The van der Waals surface area contributed by atoms with Gasteiger partial charge in [0.25, 0.3) is 5.91 Å². The molecule has 0 saturated carbocycles. The molecule has 0 bridgehead atoms. The Morgan fingerprint density at radius 1 is 1.38 bits per heavy atom. The lowest BCUT2D eigenvalue weighted by Gasteiger charge is -2.28. The third kappa shape index (κ3) is 4.64. The van der Waals surface area contributed by atoms with Gasteiger partial charge in [0, 0.05) is 31.1 Å². The Morgan fingerprint density at radius 2 is 2.12 bits per heavy atom. The quantitative estimate of drug-likeness (QED) is 0.634. The number of hydrogen-bond donors (Lipinski definition) is 1. The maximum atomic E-state index is 13.4. The highest BCUT2D eigenvalue weighted by Gasteiger charge is 2.32. The van der Waals surface area contributed by atoms with E-state index in [4.69, 9.17) is 14.9 Å². The van der Waals surface area contributed by atoms with E-state index < -0.39 is 5.97 Å². The van der Waals surface area contributed by atoms with Gasteiger partial charge in [-0.25, -0.2) is 4.68 Å². The zero-order valence-corrected chi connectivity index (χ0v) is 18.9. The minimum Gasteiger partial charge on any atom is -0.496 e. The van der Waals surface area contributed by atoms with E-state index in [-0.39, 0.29) is 12.3 Å². The van der Waals surface area contributed by atoms with Crippen molar-refractivity contribution in [3.05, 3.63) is 64.8 Å². The molecular formula is C24H28N4O4. The van der Waals surface area contributed by atoms with Crippen LogP contribution in [0.4, 0.5) is 0 Å². The molecule has 3 rings (SSSR count). The molecule has 8 nitrogen and oxygen atoms in total. The minimum atomic E-state index is -0.959. The summed E-state index contributed by atoms with van der Waals surface area (Å²) in [4.78, 5) is 30.0. The van der Waals surface area contributed by atoms with E-state index in [2.05, 4.69) is 11.6 Å². The van der Waals surface area contributed by atoms with Crippen LogP contribution in [0.25, 0.3) is 5.69 Å². The van der Waals surface area contributed by atoms with Gasteiger partial charge in [-0.3, -0.25) is 14.6 Å². The average molecular weight is 437 g/mol. The molecule has 0 fully saturated rings. The summed E-state index contributed by atoms with van der Waals surface area (Å²) in [6.07, 6.45) is 4.08. The molecule has 1 N–H and O–H groups in total. The fraction of sp³-hybridized carbons (Fsp3) is 0.333. The molecule has 8 heteroatoms. The van der Waals surface area contributed by atoms with Gasteiger partial charge in [0.15, 0.2) is 0 Å². The first-order valence-electron chi connectivity index (χ1n) is 10.4. The third-order valence-corrected chi connectivity index (χ3v) is 5.41. The lowest BCUT2D eigenvalue weighted by atomic mass is 10.0. The number of aliphatic carboxylic acids is 1. The Bertz CT molecular complexity index is 1130. The molecule has 2 aromatic rings. The van der Waals surface area contributed by atoms with Crippen molar-refractivity contribution in [1.29, 1.82) is 0 Å². The monoisotopic (exact) mass is 436 g/mol. The highest BCUT2D eigenvalue weighted by Crippen LogP contribution is 2.28. The SMILES string of the molecule is C=C(C=N/C=C(\CC)N1CCc2nn(-c3ccc(OC)c(C)c3)c(C)c2C1=O)CC(=O)O. The van der Waals surface area contributed by atoms with Gasteiger partial charge >= 0.3 is 5.97 Å². The molecule has 1 amide bonds. The van der Waals surface area contributed by atoms with Gasteiger partial charge in [0.05, 0.1) is 36.2 Å². The summed E-state index contributed by atoms with van der Waals surface area (Å²) in [6, 6.07) is 5.81. The van der Waals surface area contributed by atoms with Crippen LogP contribution >= 0.6 is 0 Å². The molecule has 1 aliphatic heterocycles. The molecular weight excluding hydrogens is 408 g/mol. The van der Waals surface area contributed by atoms with E-state index in [1.165, 1.54) is 6.21 Å². The van der Waals surface area contributed by atoms with E-state index in [0.717, 1.165) is 34.1 Å². The van der Waals surface area contributed by atoms with Gasteiger partial charge < -0.3 is 14.7 Å². The molecule has 1 aromatic heterocycles. The first-order chi connectivity index (χ1) is 15.3. The second-order valence-corrected chi connectivity index (χ2v) is 7.66. The van der Waals surface area contributed by atoms with Crippen LogP contribution in [-0.4, -0.2) is 51.5 Å². The van der Waals surface area contributed by atoms with E-state index in [0.29, 0.717) is 30.5 Å². The molecule has 0 saturated heterocycles. The zero-order chi connectivity index (χ0) is 23.4. The number of methoxy groups -OCH3 is 1. The summed E-state index contributed by atoms with van der Waals surface area (Å²) in [7, 11) is 1.64. The average Bonchev–Trinajstić information content (AvgIpc) is 3.08. The van der Waals surface area contributed by atoms with Crippen LogP contribution in [-0.2, 0) is 11.2 Å². The number of aliphatic imine (C=N–C) groups is 1. The van der Waals surface area contributed by atoms with Crippen molar-refractivity contribution < 1.29 is 19.4 Å². The van der Waals surface area contributed by atoms with E-state index >= 15 is 0 Å². The number of fused-ring (bicyclic) bond motifs is 1. The summed E-state index contributed by atoms with van der Waals surface area (Å²) >= 11 is 0. The third-order valence-electron chi connectivity index (χ3n) is 5.41. The summed E-state index contributed by atoms with van der Waals surface area (Å²) in [5, 5.41) is 13.5. The number of carboxylic acids is 1. The van der Waals surface area contributed by atoms with E-state index in [1.807, 2.05) is 43.7 Å². The highest BCUT2D eigenvalue weighted by molar-refractivity contribution is 5.98. The van der Waals surface area contributed by atoms with Crippen molar-refractivity contribution >= 4 is 18.1 Å². The van der Waals surface area contributed by atoms with Gasteiger partial charge in [-0.1, -0.05) is 13.5 Å². The minimum absolute atomic E-state index is 0.104. The molecule has 0 spiro atoms. The first-order valence-corrected chi connectivity index (χ1v) is 10.4. The number of aryl methyl sites for hydroxylation is 1. The number of aromatic nitrogens is 2. The van der Waals surface area contributed by atoms with Gasteiger partial charge in [-0.15, -0.1) is 0 Å². The fourth-order valence-electron chi connectivity index (χ4n) is 3.81. The van der Waals surface area contributed by atoms with Crippen molar-refractivity contribution in [3.8, 4) is 11.4 Å². The Morgan fingerprint density at radius 3 is 2.75 bits per heavy atom. The molecule has 0 aliphatic carbocycles. The van der Waals surface area contributed by atoms with Gasteiger partial charge in [-0.2, -0.15) is 5.10 Å². The second-order valence-electron chi connectivity index (χ2n) is 7.66. The Hall–Kier alpha value is -3.68. The number of carbonyl (C=O) groups excluding carboxylic acids is 1.